The summed E-state index contributed by atoms with van der Waals surface area (Å²) in [6.45, 7) is 0. The van der Waals surface area contributed by atoms with Gasteiger partial charge in [0, 0.05) is 71.2 Å². The minimum Gasteiger partial charge on any atom is -0.507 e. The van der Waals surface area contributed by atoms with Gasteiger partial charge >= 0.3 is 0 Å². The summed E-state index contributed by atoms with van der Waals surface area (Å²) in [6.07, 6.45) is 0. The van der Waals surface area contributed by atoms with Gasteiger partial charge in [-0.3, -0.25) is 9.11 Å². The van der Waals surface area contributed by atoms with E-state index in [9.17, 15) is 41.3 Å². The Kier molecular flexibility index (Phi) is 12.5. The monoisotopic (exact) mass is 694 g/mol. The third kappa shape index (κ3) is 9.05. The summed E-state index contributed by atoms with van der Waals surface area (Å²) >= 11 is 0. The van der Waals surface area contributed by atoms with Crippen LogP contribution in [0.25, 0.3) is 10.8 Å². The fourth-order valence-corrected chi connectivity index (χ4v) is 5.05. The zero-order valence-electron chi connectivity index (χ0n) is 24.5. The molecule has 19 heteroatoms. The number of aromatic hydroxyl groups is 3. The van der Waals surface area contributed by atoms with Gasteiger partial charge in [-0.15, -0.1) is 20.5 Å². The van der Waals surface area contributed by atoms with Crippen molar-refractivity contribution in [3.8, 4) is 17.2 Å². The molecule has 47 heavy (non-hydrogen) atoms. The van der Waals surface area contributed by atoms with E-state index >= 15 is 0 Å². The van der Waals surface area contributed by atoms with Crippen LogP contribution in [0.4, 0.5) is 34.1 Å². The van der Waals surface area contributed by atoms with Gasteiger partial charge in [0.05, 0.1) is 32.2 Å². The molecule has 0 amide bonds. The Bertz CT molecular complexity index is 2250. The predicted octanol–water partition coefficient (Wildman–Crippen LogP) is 6.93. The quantitative estimate of drug-likeness (QED) is 0.0641. The van der Waals surface area contributed by atoms with Crippen molar-refractivity contribution in [3.05, 3.63) is 91.0 Å². The molecule has 0 saturated carbocycles. The topological polar surface area (TPSA) is 244 Å². The van der Waals surface area contributed by atoms with Crippen molar-refractivity contribution in [1.82, 2.24) is 0 Å². The van der Waals surface area contributed by atoms with E-state index < -0.39 is 58.7 Å². The molecule has 230 valence electrons. The minimum atomic E-state index is -4.89. The average molecular weight is 695 g/mol. The summed E-state index contributed by atoms with van der Waals surface area (Å²) in [5, 5.41) is 55.9. The van der Waals surface area contributed by atoms with E-state index in [0.29, 0.717) is 17.4 Å². The van der Waals surface area contributed by atoms with Gasteiger partial charge in [0.1, 0.15) is 17.1 Å². The molecule has 0 aliphatic rings. The molecule has 15 nitrogen and oxygen atoms in total. The number of phenols is 3. The first-order chi connectivity index (χ1) is 21.3. The smallest absolute Gasteiger partial charge is 0.294 e. The van der Waals surface area contributed by atoms with Crippen LogP contribution in [0.15, 0.2) is 131 Å². The Balaban J connectivity index is 0.00000300. The fourth-order valence-electron chi connectivity index (χ4n) is 3.98. The van der Waals surface area contributed by atoms with Crippen molar-refractivity contribution in [3.63, 3.8) is 0 Å². The van der Waals surface area contributed by atoms with Crippen LogP contribution in [0, 0.1) is 0 Å². The second-order valence-corrected chi connectivity index (χ2v) is 12.0. The molecule has 0 heterocycles. The van der Waals surface area contributed by atoms with Gasteiger partial charge in [-0.05, 0) is 47.9 Å². The molecule has 0 spiro atoms. The fraction of sp³-hybridized carbons (Fsp3) is 0. The molecular formula is C28H20N6Na2O9S2. The van der Waals surface area contributed by atoms with Crippen LogP contribution < -0.4 is 0 Å². The van der Waals surface area contributed by atoms with Gasteiger partial charge in [0.25, 0.3) is 20.2 Å². The maximum Gasteiger partial charge on any atom is 0.294 e. The molecule has 0 saturated heterocycles. The van der Waals surface area contributed by atoms with E-state index in [4.69, 9.17) is 0 Å². The van der Waals surface area contributed by atoms with Crippen LogP contribution in [0.2, 0.25) is 0 Å². The van der Waals surface area contributed by atoms with E-state index in [1.807, 2.05) is 0 Å². The van der Waals surface area contributed by atoms with E-state index in [1.54, 1.807) is 60.7 Å². The summed E-state index contributed by atoms with van der Waals surface area (Å²) in [6, 6.07) is 21.2. The van der Waals surface area contributed by atoms with Crippen LogP contribution in [-0.2, 0) is 20.2 Å². The summed E-state index contributed by atoms with van der Waals surface area (Å²) in [4.78, 5) is -1.51. The maximum absolute atomic E-state index is 12.0. The Morgan fingerprint density at radius 1 is 0.489 bits per heavy atom. The van der Waals surface area contributed by atoms with Gasteiger partial charge in [0.2, 0.25) is 0 Å². The summed E-state index contributed by atoms with van der Waals surface area (Å²) < 4.78 is 66.4. The van der Waals surface area contributed by atoms with Crippen molar-refractivity contribution in [2.45, 2.75) is 9.79 Å². The first kappa shape index (κ1) is 37.8. The summed E-state index contributed by atoms with van der Waals surface area (Å²) in [5.41, 5.74) is -0.639. The number of hydrogen-bond acceptors (Lipinski definition) is 13. The van der Waals surface area contributed by atoms with Crippen molar-refractivity contribution < 1.29 is 41.3 Å². The predicted molar refractivity (Wildman–Crippen MR) is 172 cm³/mol. The Hall–Kier alpha value is -3.62. The zero-order chi connectivity index (χ0) is 32.4. The molecule has 0 atom stereocenters. The van der Waals surface area contributed by atoms with Crippen molar-refractivity contribution >= 4 is 124 Å². The average Bonchev–Trinajstić information content (AvgIpc) is 2.99. The molecule has 0 aliphatic carbocycles. The number of phenolic OH excluding ortho intramolecular Hbond substituents is 3. The number of benzene rings is 5. The van der Waals surface area contributed by atoms with Crippen molar-refractivity contribution in [2.24, 2.45) is 30.7 Å². The molecule has 0 aromatic heterocycles. The number of fused-ring (bicyclic) bond motifs is 1. The van der Waals surface area contributed by atoms with Crippen LogP contribution in [0.3, 0.4) is 0 Å². The first-order valence-electron chi connectivity index (χ1n) is 12.5. The van der Waals surface area contributed by atoms with E-state index in [-0.39, 0.29) is 81.3 Å². The summed E-state index contributed by atoms with van der Waals surface area (Å²) in [7, 11) is -9.71. The Labute approximate surface area is 311 Å². The summed E-state index contributed by atoms with van der Waals surface area (Å²) in [5.74, 6) is -2.07. The third-order valence-electron chi connectivity index (χ3n) is 6.07. The third-order valence-corrected chi connectivity index (χ3v) is 7.74. The molecule has 5 N–H and O–H groups in total. The first-order valence-corrected chi connectivity index (χ1v) is 15.4. The van der Waals surface area contributed by atoms with Gasteiger partial charge in [-0.25, -0.2) is 0 Å². The number of rotatable bonds is 8. The number of azo groups is 3. The van der Waals surface area contributed by atoms with E-state index in [0.717, 1.165) is 24.3 Å². The zero-order valence-corrected chi connectivity index (χ0v) is 30.2. The van der Waals surface area contributed by atoms with Crippen molar-refractivity contribution in [2.75, 3.05) is 0 Å². The molecule has 0 aliphatic heterocycles. The minimum absolute atomic E-state index is 0. The molecule has 0 fully saturated rings. The number of nitrogens with zero attached hydrogens (tertiary/aromatic N) is 6. The van der Waals surface area contributed by atoms with Gasteiger partial charge in [-0.2, -0.15) is 27.1 Å². The molecule has 5 rings (SSSR count). The van der Waals surface area contributed by atoms with E-state index in [2.05, 4.69) is 30.7 Å². The second kappa shape index (κ2) is 15.5. The second-order valence-electron chi connectivity index (χ2n) is 9.16. The van der Waals surface area contributed by atoms with Crippen molar-refractivity contribution in [1.29, 1.82) is 0 Å². The van der Waals surface area contributed by atoms with Crippen LogP contribution in [-0.4, -0.2) is 100 Å². The maximum atomic E-state index is 12.0. The Morgan fingerprint density at radius 2 is 0.915 bits per heavy atom. The molecule has 5 aromatic rings. The van der Waals surface area contributed by atoms with Gasteiger partial charge in [0.15, 0.2) is 17.2 Å². The van der Waals surface area contributed by atoms with Crippen LogP contribution in [0.5, 0.6) is 17.2 Å². The van der Waals surface area contributed by atoms with Gasteiger partial charge in [-0.1, -0.05) is 36.4 Å². The standard InChI is InChI=1S/C28H20N6O9S2.2Na/c35-24-14-20(45(41,42)43)12-16-11-19(44(38,39)40)13-21(25(16)24)31-33-23-15-22(32-29-17-7-3-1-4-8-17)27(36)26(28(23)37)34-30-18-9-5-2-6-10-18;;/h1-15,35-37H,(H,38,39,40)(H,41,42,43);;. The molecule has 5 aromatic carbocycles. The molecule has 2 radical (unpaired) electrons. The van der Waals surface area contributed by atoms with Crippen LogP contribution >= 0.6 is 0 Å². The molecular weight excluding hydrogens is 674 g/mol. The molecule has 0 bridgehead atoms. The Morgan fingerprint density at radius 3 is 1.40 bits per heavy atom. The number of hydrogen-bond donors (Lipinski definition) is 5. The van der Waals surface area contributed by atoms with E-state index in [1.165, 1.54) is 0 Å². The SMILES string of the molecule is O=S(=O)(O)c1cc(O)c2c(N=Nc3cc(N=Nc4ccccc4)c(O)c(N=Nc4ccccc4)c3O)cc(S(=O)(=O)O)cc2c1.[Na].[Na]. The molecule has 0 unspecified atom stereocenters. The van der Waals surface area contributed by atoms with Crippen LogP contribution in [0.1, 0.15) is 0 Å². The largest absolute Gasteiger partial charge is 0.507 e. The van der Waals surface area contributed by atoms with Gasteiger partial charge < -0.3 is 15.3 Å². The normalized spacial score (nSPS) is 12.0.